The molecule has 0 radical (unpaired) electrons. The van der Waals surface area contributed by atoms with Crippen molar-refractivity contribution in [2.24, 2.45) is 0 Å². The second-order valence-corrected chi connectivity index (χ2v) is 4.26. The number of nitrogens with one attached hydrogen (secondary N) is 1. The highest BCUT2D eigenvalue weighted by molar-refractivity contribution is 5.65. The van der Waals surface area contributed by atoms with Gasteiger partial charge in [-0.2, -0.15) is 0 Å². The van der Waals surface area contributed by atoms with Crippen LogP contribution >= 0.6 is 0 Å². The Bertz CT molecular complexity index is 444. The zero-order chi connectivity index (χ0) is 12.5. The maximum absolute atomic E-state index is 13.9. The number of benzene rings is 1. The molecule has 0 saturated carbocycles. The number of hydrogen-bond acceptors (Lipinski definition) is 4. The number of rotatable bonds is 1. The zero-order valence-corrected chi connectivity index (χ0v) is 9.73. The second-order valence-electron chi connectivity index (χ2n) is 4.26. The van der Waals surface area contributed by atoms with Gasteiger partial charge in [0.1, 0.15) is 13.2 Å². The van der Waals surface area contributed by atoms with Crippen LogP contribution in [0.4, 0.5) is 14.5 Å². The lowest BCUT2D eigenvalue weighted by atomic mass is 10.2. The summed E-state index contributed by atoms with van der Waals surface area (Å²) in [5, 5.41) is 2.46. The molecule has 18 heavy (non-hydrogen) atoms. The molecule has 0 aliphatic carbocycles. The Labute approximate surface area is 103 Å². The first-order valence-electron chi connectivity index (χ1n) is 5.92. The van der Waals surface area contributed by atoms with Crippen LogP contribution in [-0.4, -0.2) is 38.9 Å². The fraction of sp³-hybridized carbons (Fsp3) is 0.500. The van der Waals surface area contributed by atoms with E-state index in [1.165, 1.54) is 4.90 Å². The van der Waals surface area contributed by atoms with Crippen molar-refractivity contribution in [2.45, 2.75) is 12.6 Å². The SMILES string of the molecule is FC1CN(c2cccc3c2OCCO3)C(F)CN1. The van der Waals surface area contributed by atoms with E-state index in [9.17, 15) is 8.78 Å². The predicted octanol–water partition coefficient (Wildman–Crippen LogP) is 1.46. The minimum absolute atomic E-state index is 0.0360. The van der Waals surface area contributed by atoms with Crippen molar-refractivity contribution in [3.8, 4) is 11.5 Å². The van der Waals surface area contributed by atoms with E-state index in [4.69, 9.17) is 9.47 Å². The molecule has 1 aromatic carbocycles. The Morgan fingerprint density at radius 1 is 1.22 bits per heavy atom. The number of fused-ring (bicyclic) bond motifs is 1. The predicted molar refractivity (Wildman–Crippen MR) is 62.6 cm³/mol. The van der Waals surface area contributed by atoms with Gasteiger partial charge in [0.25, 0.3) is 0 Å². The molecule has 2 aliphatic rings. The summed E-state index contributed by atoms with van der Waals surface area (Å²) in [7, 11) is 0. The van der Waals surface area contributed by atoms with E-state index in [-0.39, 0.29) is 13.1 Å². The molecule has 3 rings (SSSR count). The molecule has 2 atom stereocenters. The summed E-state index contributed by atoms with van der Waals surface area (Å²) in [5.74, 6) is 1.08. The Hall–Kier alpha value is -1.56. The number of para-hydroxylation sites is 1. The second kappa shape index (κ2) is 4.61. The molecule has 2 heterocycles. The largest absolute Gasteiger partial charge is 0.486 e. The number of halogens is 2. The van der Waals surface area contributed by atoms with Gasteiger partial charge in [-0.05, 0) is 12.1 Å². The minimum atomic E-state index is -1.27. The van der Waals surface area contributed by atoms with Crippen molar-refractivity contribution in [1.82, 2.24) is 5.32 Å². The zero-order valence-electron chi connectivity index (χ0n) is 9.73. The van der Waals surface area contributed by atoms with Gasteiger partial charge < -0.3 is 14.4 Å². The van der Waals surface area contributed by atoms with Crippen LogP contribution in [0.5, 0.6) is 11.5 Å². The summed E-state index contributed by atoms with van der Waals surface area (Å²) in [4.78, 5) is 1.37. The first kappa shape index (κ1) is 11.5. The molecule has 1 aromatic rings. The molecular formula is C12H14F2N2O2. The Morgan fingerprint density at radius 3 is 2.94 bits per heavy atom. The van der Waals surface area contributed by atoms with Crippen molar-refractivity contribution in [3.05, 3.63) is 18.2 Å². The van der Waals surface area contributed by atoms with Gasteiger partial charge in [0.15, 0.2) is 24.1 Å². The quantitative estimate of drug-likeness (QED) is 0.771. The average Bonchev–Trinajstić information content (AvgIpc) is 2.41. The van der Waals surface area contributed by atoms with Crippen LogP contribution in [-0.2, 0) is 0 Å². The molecule has 2 aliphatic heterocycles. The van der Waals surface area contributed by atoms with Gasteiger partial charge in [0, 0.05) is 6.54 Å². The maximum atomic E-state index is 13.9. The lowest BCUT2D eigenvalue weighted by Crippen LogP contribution is -2.53. The van der Waals surface area contributed by atoms with Gasteiger partial charge in [-0.15, -0.1) is 0 Å². The van der Waals surface area contributed by atoms with Crippen LogP contribution in [0.1, 0.15) is 0 Å². The van der Waals surface area contributed by atoms with E-state index in [1.54, 1.807) is 18.2 Å². The Kier molecular flexibility index (Phi) is 2.95. The topological polar surface area (TPSA) is 33.7 Å². The van der Waals surface area contributed by atoms with Crippen LogP contribution in [0.15, 0.2) is 18.2 Å². The Morgan fingerprint density at radius 2 is 2.06 bits per heavy atom. The van der Waals surface area contributed by atoms with E-state index >= 15 is 0 Å². The van der Waals surface area contributed by atoms with Gasteiger partial charge in [0.2, 0.25) is 0 Å². The van der Waals surface area contributed by atoms with Crippen molar-refractivity contribution in [1.29, 1.82) is 0 Å². The van der Waals surface area contributed by atoms with Crippen molar-refractivity contribution in [2.75, 3.05) is 31.2 Å². The molecule has 0 bridgehead atoms. The number of alkyl halides is 2. The third kappa shape index (κ3) is 1.96. The van der Waals surface area contributed by atoms with E-state index in [0.717, 1.165) is 0 Å². The molecule has 6 heteroatoms. The lowest BCUT2D eigenvalue weighted by Gasteiger charge is -2.36. The summed E-state index contributed by atoms with van der Waals surface area (Å²) in [6.45, 7) is 0.821. The molecule has 98 valence electrons. The van der Waals surface area contributed by atoms with E-state index < -0.39 is 12.6 Å². The van der Waals surface area contributed by atoms with E-state index in [0.29, 0.717) is 30.4 Å². The fourth-order valence-electron chi connectivity index (χ4n) is 2.22. The molecule has 1 saturated heterocycles. The average molecular weight is 256 g/mol. The highest BCUT2D eigenvalue weighted by atomic mass is 19.1. The summed E-state index contributed by atoms with van der Waals surface area (Å²) in [5.41, 5.74) is 0.545. The van der Waals surface area contributed by atoms with Crippen molar-refractivity contribution in [3.63, 3.8) is 0 Å². The van der Waals surface area contributed by atoms with E-state index in [2.05, 4.69) is 5.32 Å². The van der Waals surface area contributed by atoms with Crippen molar-refractivity contribution < 1.29 is 18.3 Å². The first-order chi connectivity index (χ1) is 8.75. The molecule has 0 aromatic heterocycles. The summed E-state index contributed by atoms with van der Waals surface area (Å²) < 4.78 is 38.2. The number of anilines is 1. The van der Waals surface area contributed by atoms with Gasteiger partial charge >= 0.3 is 0 Å². The first-order valence-corrected chi connectivity index (χ1v) is 5.92. The highest BCUT2D eigenvalue weighted by Gasteiger charge is 2.31. The standard InChI is InChI=1S/C12H14F2N2O2/c13-10-7-16(11(14)6-15-10)8-2-1-3-9-12(8)18-5-4-17-9/h1-3,10-11,15H,4-7H2. The van der Waals surface area contributed by atoms with Crippen LogP contribution in [0, 0.1) is 0 Å². The summed E-state index contributed by atoms with van der Waals surface area (Å²) in [6, 6.07) is 5.24. The number of nitrogens with zero attached hydrogens (tertiary/aromatic N) is 1. The molecule has 4 nitrogen and oxygen atoms in total. The van der Waals surface area contributed by atoms with Crippen molar-refractivity contribution >= 4 is 5.69 Å². The highest BCUT2D eigenvalue weighted by Crippen LogP contribution is 2.40. The summed E-state index contributed by atoms with van der Waals surface area (Å²) in [6.07, 6.45) is -2.51. The van der Waals surface area contributed by atoms with Crippen LogP contribution in [0.2, 0.25) is 0 Å². The van der Waals surface area contributed by atoms with E-state index in [1.807, 2.05) is 0 Å². The number of ether oxygens (including phenoxy) is 2. The number of piperazine rings is 1. The van der Waals surface area contributed by atoms with Crippen LogP contribution in [0.25, 0.3) is 0 Å². The van der Waals surface area contributed by atoms with Gasteiger partial charge in [-0.25, -0.2) is 8.78 Å². The Balaban J connectivity index is 1.95. The molecule has 0 spiro atoms. The lowest BCUT2D eigenvalue weighted by molar-refractivity contribution is 0.162. The molecule has 1 fully saturated rings. The summed E-state index contributed by atoms with van der Waals surface area (Å²) >= 11 is 0. The maximum Gasteiger partial charge on any atom is 0.185 e. The van der Waals surface area contributed by atoms with Gasteiger partial charge in [-0.1, -0.05) is 6.07 Å². The van der Waals surface area contributed by atoms with Gasteiger partial charge in [0.05, 0.1) is 12.2 Å². The number of hydrogen-bond donors (Lipinski definition) is 1. The molecular weight excluding hydrogens is 242 g/mol. The molecule has 2 unspecified atom stereocenters. The normalized spacial score (nSPS) is 27.1. The third-order valence-electron chi connectivity index (χ3n) is 3.06. The van der Waals surface area contributed by atoms with Gasteiger partial charge in [-0.3, -0.25) is 5.32 Å². The monoisotopic (exact) mass is 256 g/mol. The molecule has 1 N–H and O–H groups in total. The fourth-order valence-corrected chi connectivity index (χ4v) is 2.22. The molecule has 0 amide bonds. The smallest absolute Gasteiger partial charge is 0.185 e. The third-order valence-corrected chi connectivity index (χ3v) is 3.06. The minimum Gasteiger partial charge on any atom is -0.486 e. The van der Waals surface area contributed by atoms with Crippen LogP contribution in [0.3, 0.4) is 0 Å². The van der Waals surface area contributed by atoms with Crippen LogP contribution < -0.4 is 19.7 Å².